The molecule has 0 amide bonds. The van der Waals surface area contributed by atoms with E-state index in [1.54, 1.807) is 24.6 Å². The van der Waals surface area contributed by atoms with Crippen molar-refractivity contribution in [1.29, 1.82) is 5.26 Å². The van der Waals surface area contributed by atoms with Gasteiger partial charge in [0, 0.05) is 30.1 Å². The van der Waals surface area contributed by atoms with E-state index in [2.05, 4.69) is 16.2 Å². The van der Waals surface area contributed by atoms with Crippen molar-refractivity contribution in [3.8, 4) is 17.3 Å². The maximum atomic E-state index is 12.5. The number of pyridine rings is 1. The van der Waals surface area contributed by atoms with Crippen LogP contribution in [0.1, 0.15) is 56.7 Å². The van der Waals surface area contributed by atoms with Gasteiger partial charge in [-0.25, -0.2) is 4.79 Å². The summed E-state index contributed by atoms with van der Waals surface area (Å²) in [4.78, 5) is 28.5. The van der Waals surface area contributed by atoms with Crippen LogP contribution in [0.15, 0.2) is 36.5 Å². The lowest BCUT2D eigenvalue weighted by atomic mass is 10.1. The molecule has 31 heavy (non-hydrogen) atoms. The number of nitriles is 1. The van der Waals surface area contributed by atoms with Crippen LogP contribution in [0, 0.1) is 17.2 Å². The molecule has 0 aliphatic heterocycles. The highest BCUT2D eigenvalue weighted by atomic mass is 16.7. The van der Waals surface area contributed by atoms with Gasteiger partial charge in [-0.2, -0.15) is 10.4 Å². The molecule has 2 heterocycles. The van der Waals surface area contributed by atoms with E-state index >= 15 is 0 Å². The van der Waals surface area contributed by atoms with Crippen molar-refractivity contribution in [1.82, 2.24) is 14.8 Å². The largest absolute Gasteiger partial charge is 0.425 e. The molecule has 8 nitrogen and oxygen atoms in total. The van der Waals surface area contributed by atoms with E-state index in [4.69, 9.17) is 9.47 Å². The minimum Gasteiger partial charge on any atom is -0.425 e. The molecule has 160 valence electrons. The van der Waals surface area contributed by atoms with E-state index in [0.717, 1.165) is 16.5 Å². The number of carbonyl (C=O) groups is 2. The number of rotatable bonds is 6. The Labute approximate surface area is 180 Å². The Balaban J connectivity index is 1.87. The molecule has 0 bridgehead atoms. The molecule has 1 unspecified atom stereocenters. The molecule has 3 rings (SSSR count). The van der Waals surface area contributed by atoms with Crippen molar-refractivity contribution in [3.05, 3.63) is 47.8 Å². The van der Waals surface area contributed by atoms with E-state index in [9.17, 15) is 14.9 Å². The summed E-state index contributed by atoms with van der Waals surface area (Å²) in [7, 11) is 0. The van der Waals surface area contributed by atoms with Gasteiger partial charge in [0.05, 0.1) is 22.7 Å². The Morgan fingerprint density at radius 2 is 1.81 bits per heavy atom. The van der Waals surface area contributed by atoms with Crippen molar-refractivity contribution < 1.29 is 19.1 Å². The molecule has 0 radical (unpaired) electrons. The molecule has 0 saturated carbocycles. The van der Waals surface area contributed by atoms with Gasteiger partial charge in [0.1, 0.15) is 6.07 Å². The van der Waals surface area contributed by atoms with Crippen LogP contribution in [0.25, 0.3) is 22.2 Å². The number of benzene rings is 1. The molecule has 3 aromatic rings. The molecule has 0 aliphatic rings. The van der Waals surface area contributed by atoms with Gasteiger partial charge < -0.3 is 9.47 Å². The van der Waals surface area contributed by atoms with Crippen LogP contribution in [0.4, 0.5) is 0 Å². The first-order valence-corrected chi connectivity index (χ1v) is 10.0. The Bertz CT molecular complexity index is 1170. The number of hydrogen-bond donors (Lipinski definition) is 0. The number of esters is 2. The average molecular weight is 420 g/mol. The molecule has 1 atom stereocenters. The molecule has 2 aromatic heterocycles. The summed E-state index contributed by atoms with van der Waals surface area (Å²) in [5, 5.41) is 14.5. The third-order valence-corrected chi connectivity index (χ3v) is 4.62. The lowest BCUT2D eigenvalue weighted by Crippen LogP contribution is -2.24. The summed E-state index contributed by atoms with van der Waals surface area (Å²) in [6, 6.07) is 11.0. The monoisotopic (exact) mass is 420 g/mol. The van der Waals surface area contributed by atoms with Crippen molar-refractivity contribution in [2.75, 3.05) is 0 Å². The summed E-state index contributed by atoms with van der Waals surface area (Å²) < 4.78 is 12.1. The van der Waals surface area contributed by atoms with Crippen molar-refractivity contribution in [2.45, 2.75) is 47.0 Å². The minimum atomic E-state index is -1.00. The molecule has 0 aliphatic carbocycles. The maximum Gasteiger partial charge on any atom is 0.341 e. The molecule has 1 aromatic carbocycles. The first-order valence-electron chi connectivity index (χ1n) is 10.0. The summed E-state index contributed by atoms with van der Waals surface area (Å²) in [5.74, 6) is -1.39. The van der Waals surface area contributed by atoms with E-state index in [1.165, 1.54) is 19.2 Å². The van der Waals surface area contributed by atoms with Gasteiger partial charge in [-0.15, -0.1) is 0 Å². The van der Waals surface area contributed by atoms with Gasteiger partial charge >= 0.3 is 11.9 Å². The van der Waals surface area contributed by atoms with Crippen molar-refractivity contribution >= 4 is 22.8 Å². The summed E-state index contributed by atoms with van der Waals surface area (Å²) in [5.41, 5.74) is 2.75. The quantitative estimate of drug-likeness (QED) is 0.433. The molecule has 0 fully saturated rings. The van der Waals surface area contributed by atoms with Crippen molar-refractivity contribution in [2.24, 2.45) is 5.92 Å². The third kappa shape index (κ3) is 4.72. The molecule has 0 N–H and O–H groups in total. The second kappa shape index (κ2) is 8.96. The predicted octanol–water partition coefficient (Wildman–Crippen LogP) is 4.25. The predicted molar refractivity (Wildman–Crippen MR) is 114 cm³/mol. The summed E-state index contributed by atoms with van der Waals surface area (Å²) in [6.07, 6.45) is 0.499. The Kier molecular flexibility index (Phi) is 6.35. The number of nitrogens with zero attached hydrogens (tertiary/aromatic N) is 4. The standard InChI is InChI=1S/C23H24N4O4/c1-13(2)22(28)30-15(5)31-23(29)17-8-9-25-19(11-17)16-6-7-21-18(10-16)20(12-24)26-27(21)14(3)4/h6-11,13-15H,1-5H3. The zero-order valence-corrected chi connectivity index (χ0v) is 18.1. The van der Waals surface area contributed by atoms with Gasteiger partial charge in [-0.05, 0) is 38.1 Å². The average Bonchev–Trinajstić information content (AvgIpc) is 3.12. The van der Waals surface area contributed by atoms with Gasteiger partial charge in [-0.1, -0.05) is 19.9 Å². The SMILES string of the molecule is CC(OC(=O)c1ccnc(-c2ccc3c(c2)c(C#N)nn3C(C)C)c1)OC(=O)C(C)C. The first-order chi connectivity index (χ1) is 14.7. The van der Waals surface area contributed by atoms with E-state index in [0.29, 0.717) is 11.4 Å². The van der Waals surface area contributed by atoms with E-state index in [-0.39, 0.29) is 17.5 Å². The molecule has 0 spiro atoms. The number of ether oxygens (including phenoxy) is 2. The van der Waals surface area contributed by atoms with Crippen LogP contribution in [0.5, 0.6) is 0 Å². The van der Waals surface area contributed by atoms with Crippen molar-refractivity contribution in [3.63, 3.8) is 0 Å². The summed E-state index contributed by atoms with van der Waals surface area (Å²) in [6.45, 7) is 8.88. The number of fused-ring (bicyclic) bond motifs is 1. The lowest BCUT2D eigenvalue weighted by molar-refractivity contribution is -0.169. The highest BCUT2D eigenvalue weighted by Crippen LogP contribution is 2.27. The van der Waals surface area contributed by atoms with Crippen LogP contribution >= 0.6 is 0 Å². The van der Waals surface area contributed by atoms with Crippen LogP contribution in [-0.4, -0.2) is 33.0 Å². The molecule has 0 saturated heterocycles. The Hall–Kier alpha value is -3.73. The number of hydrogen-bond acceptors (Lipinski definition) is 7. The molecular formula is C23H24N4O4. The van der Waals surface area contributed by atoms with Crippen LogP contribution < -0.4 is 0 Å². The Morgan fingerprint density at radius 3 is 2.45 bits per heavy atom. The van der Waals surface area contributed by atoms with E-state index < -0.39 is 18.2 Å². The van der Waals surface area contributed by atoms with Gasteiger partial charge in [-0.3, -0.25) is 14.5 Å². The zero-order chi connectivity index (χ0) is 22.7. The third-order valence-electron chi connectivity index (χ3n) is 4.62. The highest BCUT2D eigenvalue weighted by Gasteiger charge is 2.19. The minimum absolute atomic E-state index is 0.110. The summed E-state index contributed by atoms with van der Waals surface area (Å²) >= 11 is 0. The van der Waals surface area contributed by atoms with Gasteiger partial charge in [0.25, 0.3) is 0 Å². The number of carbonyl (C=O) groups excluding carboxylic acids is 2. The fraction of sp³-hybridized carbons (Fsp3) is 0.348. The fourth-order valence-corrected chi connectivity index (χ4v) is 3.03. The topological polar surface area (TPSA) is 107 Å². The second-order valence-electron chi connectivity index (χ2n) is 7.72. The van der Waals surface area contributed by atoms with Gasteiger partial charge in [0.2, 0.25) is 6.29 Å². The molecular weight excluding hydrogens is 396 g/mol. The Morgan fingerprint density at radius 1 is 1.06 bits per heavy atom. The normalized spacial score (nSPS) is 12.1. The maximum absolute atomic E-state index is 12.5. The smallest absolute Gasteiger partial charge is 0.341 e. The van der Waals surface area contributed by atoms with Gasteiger partial charge in [0.15, 0.2) is 5.69 Å². The molecule has 8 heteroatoms. The van der Waals surface area contributed by atoms with Crippen LogP contribution in [0.2, 0.25) is 0 Å². The number of aromatic nitrogens is 3. The lowest BCUT2D eigenvalue weighted by Gasteiger charge is -2.15. The second-order valence-corrected chi connectivity index (χ2v) is 7.72. The first kappa shape index (κ1) is 22.0. The zero-order valence-electron chi connectivity index (χ0n) is 18.1. The van der Waals surface area contributed by atoms with Crippen LogP contribution in [0.3, 0.4) is 0 Å². The van der Waals surface area contributed by atoms with Crippen LogP contribution in [-0.2, 0) is 14.3 Å². The fourth-order valence-electron chi connectivity index (χ4n) is 3.03. The van der Waals surface area contributed by atoms with E-state index in [1.807, 2.05) is 32.0 Å². The highest BCUT2D eigenvalue weighted by molar-refractivity contribution is 5.92.